The molecular weight excluding hydrogens is 269 g/mol. The number of piperidine rings is 1. The molecule has 0 atom stereocenters. The fourth-order valence-electron chi connectivity index (χ4n) is 3.05. The fraction of sp³-hybridized carbons (Fsp3) is 1.00. The van der Waals surface area contributed by atoms with Gasteiger partial charge in [-0.1, -0.05) is 6.92 Å². The van der Waals surface area contributed by atoms with E-state index in [4.69, 9.17) is 0 Å². The molecule has 2 rings (SSSR count). The second kappa shape index (κ2) is 10.3. The molecule has 3 nitrogen and oxygen atoms in total. The largest absolute Gasteiger partial charge is 0.317 e. The molecule has 2 aliphatic heterocycles. The average molecular weight is 298 g/mol. The number of likely N-dealkylation sites (tertiary alicyclic amines) is 1. The van der Waals surface area contributed by atoms with Gasteiger partial charge in [-0.3, -0.25) is 4.90 Å². The van der Waals surface area contributed by atoms with Crippen LogP contribution in [0.15, 0.2) is 0 Å². The van der Waals surface area contributed by atoms with Crippen molar-refractivity contribution in [1.82, 2.24) is 15.1 Å². The van der Waals surface area contributed by atoms with Gasteiger partial charge in [0.2, 0.25) is 0 Å². The van der Waals surface area contributed by atoms with E-state index >= 15 is 0 Å². The number of likely N-dealkylation sites (N-methyl/N-ethyl adjacent to an activating group) is 1. The third-order valence-corrected chi connectivity index (χ3v) is 4.13. The summed E-state index contributed by atoms with van der Waals surface area (Å²) in [5.41, 5.74) is 0. The molecule has 0 aromatic heterocycles. The van der Waals surface area contributed by atoms with Crippen molar-refractivity contribution >= 4 is 24.8 Å². The van der Waals surface area contributed by atoms with Crippen molar-refractivity contribution in [2.45, 2.75) is 38.6 Å². The second-order valence-electron chi connectivity index (χ2n) is 5.16. The normalized spacial score (nSPS) is 21.7. The first-order valence-corrected chi connectivity index (χ1v) is 7.07. The van der Waals surface area contributed by atoms with E-state index in [1.165, 1.54) is 71.5 Å². The van der Waals surface area contributed by atoms with E-state index in [2.05, 4.69) is 22.0 Å². The number of nitrogens with zero attached hydrogens (tertiary/aromatic N) is 2. The monoisotopic (exact) mass is 297 g/mol. The Balaban J connectivity index is 0.00000144. The standard InChI is InChI=1S/C13H27N3.2ClH/c1-2-16(13-5-7-14-8-6-13)12-11-15-9-3-4-10-15;;/h13-14H,2-12H2,1H3;2*1H. The molecule has 0 aromatic carbocycles. The number of halogens is 2. The summed E-state index contributed by atoms with van der Waals surface area (Å²) in [6.45, 7) is 11.2. The van der Waals surface area contributed by atoms with Gasteiger partial charge in [0, 0.05) is 19.1 Å². The molecule has 18 heavy (non-hydrogen) atoms. The number of nitrogens with one attached hydrogen (secondary N) is 1. The van der Waals surface area contributed by atoms with E-state index in [1.807, 2.05) is 0 Å². The summed E-state index contributed by atoms with van der Waals surface area (Å²) in [6.07, 6.45) is 5.51. The first-order valence-electron chi connectivity index (χ1n) is 7.07. The van der Waals surface area contributed by atoms with Gasteiger partial charge < -0.3 is 10.2 Å². The molecule has 2 aliphatic rings. The molecule has 2 heterocycles. The molecule has 1 N–H and O–H groups in total. The lowest BCUT2D eigenvalue weighted by Crippen LogP contribution is -2.45. The zero-order chi connectivity index (χ0) is 11.2. The number of hydrogen-bond acceptors (Lipinski definition) is 3. The average Bonchev–Trinajstić information content (AvgIpc) is 2.84. The Kier molecular flexibility index (Phi) is 10.5. The number of hydrogen-bond donors (Lipinski definition) is 1. The minimum absolute atomic E-state index is 0. The Morgan fingerprint density at radius 2 is 1.72 bits per heavy atom. The molecule has 5 heteroatoms. The van der Waals surface area contributed by atoms with E-state index in [-0.39, 0.29) is 24.8 Å². The molecule has 0 amide bonds. The van der Waals surface area contributed by atoms with Gasteiger partial charge in [-0.15, -0.1) is 24.8 Å². The van der Waals surface area contributed by atoms with Crippen LogP contribution >= 0.6 is 24.8 Å². The van der Waals surface area contributed by atoms with Crippen molar-refractivity contribution in [3.8, 4) is 0 Å². The summed E-state index contributed by atoms with van der Waals surface area (Å²) < 4.78 is 0. The third-order valence-electron chi connectivity index (χ3n) is 4.13. The van der Waals surface area contributed by atoms with Gasteiger partial charge in [-0.2, -0.15) is 0 Å². The van der Waals surface area contributed by atoms with Gasteiger partial charge in [-0.05, 0) is 58.4 Å². The molecule has 2 fully saturated rings. The highest BCUT2D eigenvalue weighted by Crippen LogP contribution is 2.12. The SMILES string of the molecule is CCN(CCN1CCCC1)C1CCNCC1.Cl.Cl. The van der Waals surface area contributed by atoms with Crippen LogP contribution in [-0.4, -0.2) is 61.7 Å². The predicted octanol–water partition coefficient (Wildman–Crippen LogP) is 2.00. The van der Waals surface area contributed by atoms with E-state index < -0.39 is 0 Å². The van der Waals surface area contributed by atoms with Crippen LogP contribution in [0.2, 0.25) is 0 Å². The van der Waals surface area contributed by atoms with Gasteiger partial charge in [0.05, 0.1) is 0 Å². The van der Waals surface area contributed by atoms with Crippen LogP contribution in [0.25, 0.3) is 0 Å². The lowest BCUT2D eigenvalue weighted by molar-refractivity contribution is 0.150. The van der Waals surface area contributed by atoms with Crippen LogP contribution in [0.1, 0.15) is 32.6 Å². The lowest BCUT2D eigenvalue weighted by Gasteiger charge is -2.34. The predicted molar refractivity (Wildman–Crippen MR) is 83.3 cm³/mol. The van der Waals surface area contributed by atoms with Gasteiger partial charge in [0.25, 0.3) is 0 Å². The van der Waals surface area contributed by atoms with Crippen molar-refractivity contribution < 1.29 is 0 Å². The maximum absolute atomic E-state index is 3.45. The lowest BCUT2D eigenvalue weighted by atomic mass is 10.0. The van der Waals surface area contributed by atoms with E-state index in [1.54, 1.807) is 0 Å². The van der Waals surface area contributed by atoms with E-state index in [0.717, 1.165) is 6.04 Å². The van der Waals surface area contributed by atoms with Crippen molar-refractivity contribution in [3.63, 3.8) is 0 Å². The Bertz CT molecular complexity index is 193. The van der Waals surface area contributed by atoms with Crippen molar-refractivity contribution in [1.29, 1.82) is 0 Å². The summed E-state index contributed by atoms with van der Waals surface area (Å²) in [6, 6.07) is 0.842. The van der Waals surface area contributed by atoms with Crippen LogP contribution in [0, 0.1) is 0 Å². The summed E-state index contributed by atoms with van der Waals surface area (Å²) >= 11 is 0. The molecule has 0 bridgehead atoms. The summed E-state index contributed by atoms with van der Waals surface area (Å²) in [5.74, 6) is 0. The van der Waals surface area contributed by atoms with Gasteiger partial charge in [-0.25, -0.2) is 0 Å². The zero-order valence-corrected chi connectivity index (χ0v) is 13.2. The quantitative estimate of drug-likeness (QED) is 0.837. The van der Waals surface area contributed by atoms with Crippen LogP contribution in [-0.2, 0) is 0 Å². The second-order valence-corrected chi connectivity index (χ2v) is 5.16. The molecule has 0 radical (unpaired) electrons. The summed E-state index contributed by atoms with van der Waals surface area (Å²) in [7, 11) is 0. The molecule has 0 aromatic rings. The Hall–Kier alpha value is 0.460. The Labute approximate surface area is 124 Å². The van der Waals surface area contributed by atoms with Crippen LogP contribution in [0.4, 0.5) is 0 Å². The third kappa shape index (κ3) is 5.62. The first kappa shape index (κ1) is 18.5. The fourth-order valence-corrected chi connectivity index (χ4v) is 3.05. The zero-order valence-electron chi connectivity index (χ0n) is 11.6. The highest BCUT2D eigenvalue weighted by molar-refractivity contribution is 5.85. The Morgan fingerprint density at radius 3 is 2.28 bits per heavy atom. The van der Waals surface area contributed by atoms with Crippen LogP contribution < -0.4 is 5.32 Å². The minimum atomic E-state index is 0. The first-order chi connectivity index (χ1) is 7.90. The van der Waals surface area contributed by atoms with Crippen LogP contribution in [0.5, 0.6) is 0 Å². The van der Waals surface area contributed by atoms with Gasteiger partial charge in [0.1, 0.15) is 0 Å². The molecule has 2 saturated heterocycles. The number of rotatable bonds is 5. The van der Waals surface area contributed by atoms with E-state index in [9.17, 15) is 0 Å². The van der Waals surface area contributed by atoms with Crippen LogP contribution in [0.3, 0.4) is 0 Å². The molecular formula is C13H29Cl2N3. The van der Waals surface area contributed by atoms with E-state index in [0.29, 0.717) is 0 Å². The van der Waals surface area contributed by atoms with Crippen molar-refractivity contribution in [3.05, 3.63) is 0 Å². The molecule has 0 spiro atoms. The highest BCUT2D eigenvalue weighted by atomic mass is 35.5. The Morgan fingerprint density at radius 1 is 1.11 bits per heavy atom. The molecule has 110 valence electrons. The highest BCUT2D eigenvalue weighted by Gasteiger charge is 2.20. The van der Waals surface area contributed by atoms with Crippen molar-refractivity contribution in [2.24, 2.45) is 0 Å². The molecule has 0 aliphatic carbocycles. The summed E-state index contributed by atoms with van der Waals surface area (Å²) in [4.78, 5) is 5.32. The topological polar surface area (TPSA) is 18.5 Å². The minimum Gasteiger partial charge on any atom is -0.317 e. The smallest absolute Gasteiger partial charge is 0.0120 e. The maximum atomic E-state index is 3.45. The maximum Gasteiger partial charge on any atom is 0.0120 e. The van der Waals surface area contributed by atoms with Crippen molar-refractivity contribution in [2.75, 3.05) is 45.8 Å². The summed E-state index contributed by atoms with van der Waals surface area (Å²) in [5, 5.41) is 3.45. The van der Waals surface area contributed by atoms with Gasteiger partial charge in [0.15, 0.2) is 0 Å². The van der Waals surface area contributed by atoms with Gasteiger partial charge >= 0.3 is 0 Å². The molecule has 0 saturated carbocycles. The molecule has 0 unspecified atom stereocenters.